The Morgan fingerprint density at radius 1 is 1.17 bits per heavy atom. The third-order valence-corrected chi connectivity index (χ3v) is 3.50. The lowest BCUT2D eigenvalue weighted by Gasteiger charge is -2.19. The summed E-state index contributed by atoms with van der Waals surface area (Å²) in [4.78, 5) is 16.3. The number of halogens is 2. The number of nitrogens with zero attached hydrogens (tertiary/aromatic N) is 4. The van der Waals surface area contributed by atoms with Gasteiger partial charge in [-0.25, -0.2) is 9.67 Å². The van der Waals surface area contributed by atoms with Crippen LogP contribution >= 0.6 is 0 Å². The van der Waals surface area contributed by atoms with E-state index >= 15 is 0 Å². The molecule has 6 nitrogen and oxygen atoms in total. The molecule has 1 atom stereocenters. The molecule has 0 aliphatic heterocycles. The molecule has 1 aromatic carbocycles. The van der Waals surface area contributed by atoms with Crippen molar-refractivity contribution < 1.29 is 13.6 Å². The predicted octanol–water partition coefficient (Wildman–Crippen LogP) is 2.65. The molecule has 0 aliphatic rings. The summed E-state index contributed by atoms with van der Waals surface area (Å²) in [6, 6.07) is 10.3. The van der Waals surface area contributed by atoms with Crippen molar-refractivity contribution in [1.29, 1.82) is 0 Å². The van der Waals surface area contributed by atoms with Crippen LogP contribution in [0.3, 0.4) is 0 Å². The van der Waals surface area contributed by atoms with Crippen LogP contribution in [0, 0.1) is 0 Å². The van der Waals surface area contributed by atoms with Gasteiger partial charge in [0, 0.05) is 25.1 Å². The van der Waals surface area contributed by atoms with Crippen molar-refractivity contribution in [2.75, 3.05) is 0 Å². The number of alkyl halides is 2. The lowest BCUT2D eigenvalue weighted by molar-refractivity contribution is 0.0559. The van der Waals surface area contributed by atoms with Crippen molar-refractivity contribution in [3.05, 3.63) is 72.6 Å². The fourth-order valence-electron chi connectivity index (χ4n) is 2.33. The molecule has 0 saturated heterocycles. The van der Waals surface area contributed by atoms with Gasteiger partial charge in [-0.3, -0.25) is 4.79 Å². The van der Waals surface area contributed by atoms with Crippen LogP contribution in [0.25, 0.3) is 0 Å². The minimum Gasteiger partial charge on any atom is -0.342 e. The number of rotatable bonds is 6. The molecule has 0 aliphatic carbocycles. The van der Waals surface area contributed by atoms with Crippen LogP contribution in [-0.4, -0.2) is 25.2 Å². The van der Waals surface area contributed by atoms with E-state index < -0.39 is 12.5 Å². The summed E-state index contributed by atoms with van der Waals surface area (Å²) in [5.41, 5.74) is 0.842. The van der Waals surface area contributed by atoms with Gasteiger partial charge in [-0.2, -0.15) is 13.9 Å². The molecule has 1 amide bonds. The Morgan fingerprint density at radius 2 is 1.96 bits per heavy atom. The maximum Gasteiger partial charge on any atom is 0.333 e. The number of nitrogens with one attached hydrogen (secondary N) is 1. The summed E-state index contributed by atoms with van der Waals surface area (Å²) in [5, 5.41) is 6.42. The number of imidazole rings is 1. The van der Waals surface area contributed by atoms with Gasteiger partial charge in [0.2, 0.25) is 0 Å². The highest BCUT2D eigenvalue weighted by Crippen LogP contribution is 2.16. The standard InChI is InChI=1S/C16H15F2N5O/c17-16(18)23-8-6-13(21-23)15(24)20-14(10-22-9-7-19-11-22)12-4-2-1-3-5-12/h1-9,11,14,16H,10H2,(H,20,24). The second-order valence-electron chi connectivity index (χ2n) is 5.15. The van der Waals surface area contributed by atoms with Gasteiger partial charge in [-0.05, 0) is 11.6 Å². The fraction of sp³-hybridized carbons (Fsp3) is 0.188. The van der Waals surface area contributed by atoms with Gasteiger partial charge in [0.05, 0.1) is 12.4 Å². The maximum absolute atomic E-state index is 12.6. The van der Waals surface area contributed by atoms with E-state index in [2.05, 4.69) is 15.4 Å². The van der Waals surface area contributed by atoms with Crippen LogP contribution < -0.4 is 5.32 Å². The molecule has 0 radical (unpaired) electrons. The molecule has 1 unspecified atom stereocenters. The number of amides is 1. The second kappa shape index (κ2) is 7.03. The monoisotopic (exact) mass is 331 g/mol. The van der Waals surface area contributed by atoms with Gasteiger partial charge < -0.3 is 9.88 Å². The molecule has 3 rings (SSSR count). The van der Waals surface area contributed by atoms with Crippen molar-refractivity contribution in [2.24, 2.45) is 0 Å². The number of hydrogen-bond acceptors (Lipinski definition) is 3. The highest BCUT2D eigenvalue weighted by Gasteiger charge is 2.19. The van der Waals surface area contributed by atoms with E-state index in [1.807, 2.05) is 34.9 Å². The number of carbonyl (C=O) groups excluding carboxylic acids is 1. The Labute approximate surface area is 136 Å². The summed E-state index contributed by atoms with van der Waals surface area (Å²) >= 11 is 0. The zero-order valence-electron chi connectivity index (χ0n) is 12.6. The summed E-state index contributed by atoms with van der Waals surface area (Å²) in [6.45, 7) is -2.31. The minimum absolute atomic E-state index is 0.0538. The summed E-state index contributed by atoms with van der Waals surface area (Å²) in [7, 11) is 0. The zero-order valence-corrected chi connectivity index (χ0v) is 12.6. The molecular formula is C16H15F2N5O. The first-order valence-electron chi connectivity index (χ1n) is 7.28. The van der Waals surface area contributed by atoms with Crippen molar-refractivity contribution >= 4 is 5.91 Å². The van der Waals surface area contributed by atoms with E-state index in [1.54, 1.807) is 18.7 Å². The third kappa shape index (κ3) is 3.65. The molecule has 2 aromatic heterocycles. The van der Waals surface area contributed by atoms with Gasteiger partial charge in [-0.1, -0.05) is 30.3 Å². The largest absolute Gasteiger partial charge is 0.342 e. The van der Waals surface area contributed by atoms with Gasteiger partial charge in [0.1, 0.15) is 5.69 Å². The van der Waals surface area contributed by atoms with E-state index in [0.717, 1.165) is 11.8 Å². The molecule has 0 fully saturated rings. The highest BCUT2D eigenvalue weighted by atomic mass is 19.3. The van der Waals surface area contributed by atoms with Crippen molar-refractivity contribution in [3.63, 3.8) is 0 Å². The molecule has 0 saturated carbocycles. The minimum atomic E-state index is -2.78. The normalized spacial score (nSPS) is 12.3. The molecule has 3 aromatic rings. The first-order chi connectivity index (χ1) is 11.6. The van der Waals surface area contributed by atoms with E-state index in [1.165, 1.54) is 6.07 Å². The Kier molecular flexibility index (Phi) is 4.64. The van der Waals surface area contributed by atoms with Crippen LogP contribution in [0.1, 0.15) is 28.6 Å². The van der Waals surface area contributed by atoms with Crippen molar-refractivity contribution in [3.8, 4) is 0 Å². The quantitative estimate of drug-likeness (QED) is 0.755. The van der Waals surface area contributed by atoms with E-state index in [0.29, 0.717) is 11.2 Å². The molecule has 124 valence electrons. The van der Waals surface area contributed by atoms with Crippen LogP contribution in [-0.2, 0) is 6.54 Å². The van der Waals surface area contributed by atoms with Crippen LogP contribution in [0.4, 0.5) is 8.78 Å². The van der Waals surface area contributed by atoms with Gasteiger partial charge in [-0.15, -0.1) is 0 Å². The Bertz CT molecular complexity index is 786. The second-order valence-corrected chi connectivity index (χ2v) is 5.15. The lowest BCUT2D eigenvalue weighted by Crippen LogP contribution is -2.31. The van der Waals surface area contributed by atoms with Crippen molar-refractivity contribution in [1.82, 2.24) is 24.6 Å². The fourth-order valence-corrected chi connectivity index (χ4v) is 2.33. The van der Waals surface area contributed by atoms with Gasteiger partial charge >= 0.3 is 6.55 Å². The molecule has 8 heteroatoms. The zero-order chi connectivity index (χ0) is 16.9. The van der Waals surface area contributed by atoms with Crippen molar-refractivity contribution in [2.45, 2.75) is 19.1 Å². The predicted molar refractivity (Wildman–Crippen MR) is 82.4 cm³/mol. The van der Waals surface area contributed by atoms with Gasteiger partial charge in [0.15, 0.2) is 0 Å². The molecular weight excluding hydrogens is 316 g/mol. The number of carbonyl (C=O) groups is 1. The first-order valence-corrected chi connectivity index (χ1v) is 7.28. The highest BCUT2D eigenvalue weighted by molar-refractivity contribution is 5.92. The van der Waals surface area contributed by atoms with E-state index in [9.17, 15) is 13.6 Å². The molecule has 0 spiro atoms. The van der Waals surface area contributed by atoms with E-state index in [-0.39, 0.29) is 11.7 Å². The number of aromatic nitrogens is 4. The third-order valence-electron chi connectivity index (χ3n) is 3.50. The summed E-state index contributed by atoms with van der Waals surface area (Å²) < 4.78 is 27.4. The SMILES string of the molecule is O=C(NC(Cn1ccnc1)c1ccccc1)c1ccn(C(F)F)n1. The maximum atomic E-state index is 12.6. The van der Waals surface area contributed by atoms with E-state index in [4.69, 9.17) is 0 Å². The summed E-state index contributed by atoms with van der Waals surface area (Å²) in [6.07, 6.45) is 6.16. The smallest absolute Gasteiger partial charge is 0.333 e. The number of benzene rings is 1. The Morgan fingerprint density at radius 3 is 2.58 bits per heavy atom. The van der Waals surface area contributed by atoms with Gasteiger partial charge in [0.25, 0.3) is 5.91 Å². The Hall–Kier alpha value is -3.03. The van der Waals surface area contributed by atoms with Crippen LogP contribution in [0.15, 0.2) is 61.3 Å². The topological polar surface area (TPSA) is 64.7 Å². The van der Waals surface area contributed by atoms with Crippen LogP contribution in [0.2, 0.25) is 0 Å². The molecule has 1 N–H and O–H groups in total. The number of hydrogen-bond donors (Lipinski definition) is 1. The summed E-state index contributed by atoms with van der Waals surface area (Å²) in [5.74, 6) is -0.511. The average molecular weight is 331 g/mol. The average Bonchev–Trinajstić information content (AvgIpc) is 3.26. The Balaban J connectivity index is 1.79. The molecule has 0 bridgehead atoms. The molecule has 2 heterocycles. The first kappa shape index (κ1) is 15.9. The molecule has 24 heavy (non-hydrogen) atoms. The lowest BCUT2D eigenvalue weighted by atomic mass is 10.1. The van der Waals surface area contributed by atoms with Crippen LogP contribution in [0.5, 0.6) is 0 Å².